The first-order chi connectivity index (χ1) is 11.7. The number of hydrogen-bond acceptors (Lipinski definition) is 4. The van der Waals surface area contributed by atoms with Gasteiger partial charge in [-0.15, -0.1) is 0 Å². The number of nitrogens with zero attached hydrogens (tertiary/aromatic N) is 2. The van der Waals surface area contributed by atoms with Crippen LogP contribution in [0.15, 0.2) is 41.5 Å². The molecule has 126 valence electrons. The van der Waals surface area contributed by atoms with Crippen LogP contribution in [-0.4, -0.2) is 22.1 Å². The number of aromatic nitrogens is 1. The van der Waals surface area contributed by atoms with Crippen molar-refractivity contribution in [1.29, 1.82) is 0 Å². The predicted molar refractivity (Wildman–Crippen MR) is 89.4 cm³/mol. The molecule has 2 N–H and O–H groups in total. The standard InChI is InChI=1S/C17H17ClFN3O2/c18-14-10-13(5-6-15(14)19)24-16-9-11(7-8-20-16)17(22-23)21-12-3-1-2-4-12/h5-10,12,23H,1-4H2,(H,21,22). The zero-order valence-corrected chi connectivity index (χ0v) is 13.6. The summed E-state index contributed by atoms with van der Waals surface area (Å²) in [6.45, 7) is 0. The van der Waals surface area contributed by atoms with Gasteiger partial charge in [0.25, 0.3) is 0 Å². The summed E-state index contributed by atoms with van der Waals surface area (Å²) >= 11 is 5.74. The highest BCUT2D eigenvalue weighted by atomic mass is 35.5. The third-order valence-corrected chi connectivity index (χ3v) is 4.15. The van der Waals surface area contributed by atoms with Crippen molar-refractivity contribution in [1.82, 2.24) is 10.5 Å². The van der Waals surface area contributed by atoms with Gasteiger partial charge in [-0.25, -0.2) is 9.37 Å². The van der Waals surface area contributed by atoms with Crippen LogP contribution in [0.2, 0.25) is 5.02 Å². The molecular formula is C17H17ClFN3O2. The summed E-state index contributed by atoms with van der Waals surface area (Å²) in [5, 5.41) is 9.36. The lowest BCUT2D eigenvalue weighted by molar-refractivity contribution is 0.234. The first kappa shape index (κ1) is 16.7. The third-order valence-electron chi connectivity index (χ3n) is 3.86. The van der Waals surface area contributed by atoms with Gasteiger partial charge in [0.2, 0.25) is 5.88 Å². The molecule has 0 radical (unpaired) electrons. The second-order valence-electron chi connectivity index (χ2n) is 5.59. The van der Waals surface area contributed by atoms with Crippen LogP contribution < -0.4 is 10.2 Å². The number of halogens is 2. The Morgan fingerprint density at radius 1 is 1.29 bits per heavy atom. The average Bonchev–Trinajstić information content (AvgIpc) is 3.09. The molecule has 0 unspecified atom stereocenters. The van der Waals surface area contributed by atoms with E-state index < -0.39 is 5.82 Å². The van der Waals surface area contributed by atoms with Gasteiger partial charge in [-0.05, 0) is 31.0 Å². The van der Waals surface area contributed by atoms with Gasteiger partial charge < -0.3 is 4.74 Å². The molecule has 2 aromatic rings. The highest BCUT2D eigenvalue weighted by Crippen LogP contribution is 2.26. The Kier molecular flexibility index (Phi) is 5.27. The number of ether oxygens (including phenoxy) is 1. The van der Waals surface area contributed by atoms with Crippen LogP contribution in [0.25, 0.3) is 0 Å². The second-order valence-corrected chi connectivity index (χ2v) is 6.00. The van der Waals surface area contributed by atoms with Crippen molar-refractivity contribution < 1.29 is 14.3 Å². The van der Waals surface area contributed by atoms with Crippen LogP contribution >= 0.6 is 11.6 Å². The highest BCUT2D eigenvalue weighted by Gasteiger charge is 2.16. The fourth-order valence-corrected chi connectivity index (χ4v) is 2.83. The van der Waals surface area contributed by atoms with Crippen molar-refractivity contribution in [2.45, 2.75) is 31.7 Å². The van der Waals surface area contributed by atoms with Crippen molar-refractivity contribution in [3.63, 3.8) is 0 Å². The molecule has 0 aliphatic heterocycles. The Morgan fingerprint density at radius 3 is 2.79 bits per heavy atom. The number of aliphatic imine (C=N–C) groups is 1. The number of amidine groups is 1. The van der Waals surface area contributed by atoms with Gasteiger partial charge in [-0.3, -0.25) is 15.7 Å². The van der Waals surface area contributed by atoms with Gasteiger partial charge in [0.15, 0.2) is 5.84 Å². The van der Waals surface area contributed by atoms with Gasteiger partial charge in [-0.1, -0.05) is 24.4 Å². The maximum absolute atomic E-state index is 13.2. The Bertz CT molecular complexity index is 748. The van der Waals surface area contributed by atoms with Gasteiger partial charge in [0.05, 0.1) is 11.1 Å². The normalized spacial score (nSPS) is 15.5. The van der Waals surface area contributed by atoms with Crippen molar-refractivity contribution in [3.8, 4) is 11.6 Å². The highest BCUT2D eigenvalue weighted by molar-refractivity contribution is 6.30. The molecule has 1 saturated carbocycles. The molecule has 1 aromatic carbocycles. The second kappa shape index (κ2) is 7.59. The number of rotatable bonds is 4. The monoisotopic (exact) mass is 349 g/mol. The predicted octanol–water partition coefficient (Wildman–Crippen LogP) is 4.33. The van der Waals surface area contributed by atoms with E-state index in [4.69, 9.17) is 16.3 Å². The molecule has 24 heavy (non-hydrogen) atoms. The maximum atomic E-state index is 13.2. The zero-order chi connectivity index (χ0) is 16.9. The topological polar surface area (TPSA) is 66.7 Å². The first-order valence-corrected chi connectivity index (χ1v) is 8.11. The summed E-state index contributed by atoms with van der Waals surface area (Å²) in [5.74, 6) is 0.536. The van der Waals surface area contributed by atoms with Gasteiger partial charge in [0, 0.05) is 23.9 Å². The van der Waals surface area contributed by atoms with E-state index in [9.17, 15) is 9.60 Å². The van der Waals surface area contributed by atoms with E-state index in [-0.39, 0.29) is 11.1 Å². The Balaban J connectivity index is 1.81. The lowest BCUT2D eigenvalue weighted by Gasteiger charge is -2.10. The quantitative estimate of drug-likeness (QED) is 0.489. The Labute approximate surface area is 144 Å². The van der Waals surface area contributed by atoms with E-state index in [1.165, 1.54) is 18.2 Å². The minimum Gasteiger partial charge on any atom is -0.439 e. The van der Waals surface area contributed by atoms with Crippen LogP contribution in [0.3, 0.4) is 0 Å². The molecule has 5 nitrogen and oxygen atoms in total. The van der Waals surface area contributed by atoms with E-state index in [2.05, 4.69) is 15.5 Å². The lowest BCUT2D eigenvalue weighted by atomic mass is 10.2. The van der Waals surface area contributed by atoms with Gasteiger partial charge in [0.1, 0.15) is 11.6 Å². The van der Waals surface area contributed by atoms with Crippen molar-refractivity contribution in [2.24, 2.45) is 4.99 Å². The molecule has 1 heterocycles. The third kappa shape index (κ3) is 4.01. The summed E-state index contributed by atoms with van der Waals surface area (Å²) in [6.07, 6.45) is 5.91. The summed E-state index contributed by atoms with van der Waals surface area (Å²) < 4.78 is 18.8. The SMILES string of the molecule is ONC(=NC1CCCC1)c1ccnc(Oc2ccc(F)c(Cl)c2)c1. The fourth-order valence-electron chi connectivity index (χ4n) is 2.66. The molecule has 0 saturated heterocycles. The molecule has 1 fully saturated rings. The average molecular weight is 350 g/mol. The van der Waals surface area contributed by atoms with Crippen LogP contribution in [0, 0.1) is 5.82 Å². The number of hydroxylamine groups is 1. The zero-order valence-electron chi connectivity index (χ0n) is 12.9. The van der Waals surface area contributed by atoms with E-state index in [0.717, 1.165) is 25.7 Å². The molecule has 0 spiro atoms. The van der Waals surface area contributed by atoms with E-state index in [0.29, 0.717) is 23.0 Å². The maximum Gasteiger partial charge on any atom is 0.219 e. The number of nitrogens with one attached hydrogen (secondary N) is 1. The largest absolute Gasteiger partial charge is 0.439 e. The van der Waals surface area contributed by atoms with Crippen LogP contribution in [0.5, 0.6) is 11.6 Å². The first-order valence-electron chi connectivity index (χ1n) is 7.73. The molecular weight excluding hydrogens is 333 g/mol. The van der Waals surface area contributed by atoms with Gasteiger partial charge in [-0.2, -0.15) is 0 Å². The Morgan fingerprint density at radius 2 is 2.08 bits per heavy atom. The number of benzene rings is 1. The van der Waals surface area contributed by atoms with Crippen LogP contribution in [-0.2, 0) is 0 Å². The minimum atomic E-state index is -0.513. The summed E-state index contributed by atoms with van der Waals surface area (Å²) in [4.78, 5) is 8.65. The molecule has 0 bridgehead atoms. The molecule has 0 atom stereocenters. The van der Waals surface area contributed by atoms with Crippen molar-refractivity contribution in [3.05, 3.63) is 52.9 Å². The molecule has 3 rings (SSSR count). The summed E-state index contributed by atoms with van der Waals surface area (Å²) in [5.41, 5.74) is 2.80. The van der Waals surface area contributed by atoms with Crippen LogP contribution in [0.1, 0.15) is 31.2 Å². The van der Waals surface area contributed by atoms with E-state index in [1.54, 1.807) is 18.3 Å². The van der Waals surface area contributed by atoms with E-state index in [1.807, 2.05) is 0 Å². The van der Waals surface area contributed by atoms with Crippen molar-refractivity contribution in [2.75, 3.05) is 0 Å². The fraction of sp³-hybridized carbons (Fsp3) is 0.294. The van der Waals surface area contributed by atoms with Crippen molar-refractivity contribution >= 4 is 17.4 Å². The molecule has 7 heteroatoms. The molecule has 1 aliphatic carbocycles. The molecule has 1 aliphatic rings. The lowest BCUT2D eigenvalue weighted by Crippen LogP contribution is -2.22. The summed E-state index contributed by atoms with van der Waals surface area (Å²) in [7, 11) is 0. The summed E-state index contributed by atoms with van der Waals surface area (Å²) in [6, 6.07) is 7.66. The number of pyridine rings is 1. The van der Waals surface area contributed by atoms with Crippen LogP contribution in [0.4, 0.5) is 4.39 Å². The smallest absolute Gasteiger partial charge is 0.219 e. The molecule has 0 amide bonds. The minimum absolute atomic E-state index is 0.0239. The molecule has 1 aromatic heterocycles. The Hall–Kier alpha value is -2.18. The number of hydrogen-bond donors (Lipinski definition) is 2. The van der Waals surface area contributed by atoms with Gasteiger partial charge >= 0.3 is 0 Å². The van der Waals surface area contributed by atoms with E-state index >= 15 is 0 Å².